The van der Waals surface area contributed by atoms with E-state index < -0.39 is 0 Å². The van der Waals surface area contributed by atoms with Crippen LogP contribution in [0.2, 0.25) is 0 Å². The minimum Gasteiger partial charge on any atom is -0.300 e. The van der Waals surface area contributed by atoms with Crippen molar-refractivity contribution in [2.75, 3.05) is 38.1 Å². The van der Waals surface area contributed by atoms with E-state index in [1.165, 1.54) is 45.6 Å². The highest BCUT2D eigenvalue weighted by Crippen LogP contribution is 2.27. The molecule has 0 radical (unpaired) electrons. The Morgan fingerprint density at radius 3 is 2.36 bits per heavy atom. The van der Waals surface area contributed by atoms with Crippen LogP contribution < -0.4 is 0 Å². The SMILES string of the molecule is CC(CBr)CN1CCN(C2CC2)CC1. The zero-order valence-corrected chi connectivity index (χ0v) is 10.7. The van der Waals surface area contributed by atoms with Crippen molar-refractivity contribution >= 4 is 15.9 Å². The van der Waals surface area contributed by atoms with Crippen molar-refractivity contribution in [3.63, 3.8) is 0 Å². The molecule has 0 N–H and O–H groups in total. The van der Waals surface area contributed by atoms with Crippen molar-refractivity contribution in [3.8, 4) is 0 Å². The van der Waals surface area contributed by atoms with Crippen LogP contribution in [0.4, 0.5) is 0 Å². The van der Waals surface area contributed by atoms with Crippen molar-refractivity contribution in [1.82, 2.24) is 9.80 Å². The third-order valence-corrected chi connectivity index (χ3v) is 4.41. The van der Waals surface area contributed by atoms with Gasteiger partial charge in [-0.15, -0.1) is 0 Å². The summed E-state index contributed by atoms with van der Waals surface area (Å²) in [5.74, 6) is 0.794. The molecule has 1 aliphatic heterocycles. The first-order valence-electron chi connectivity index (χ1n) is 5.82. The molecule has 2 nitrogen and oxygen atoms in total. The third-order valence-electron chi connectivity index (χ3n) is 3.30. The van der Waals surface area contributed by atoms with E-state index in [1.54, 1.807) is 0 Å². The smallest absolute Gasteiger partial charge is 0.0113 e. The molecule has 0 spiro atoms. The zero-order valence-electron chi connectivity index (χ0n) is 9.08. The summed E-state index contributed by atoms with van der Waals surface area (Å²) in [6.45, 7) is 8.77. The highest BCUT2D eigenvalue weighted by molar-refractivity contribution is 9.09. The molecule has 2 aliphatic rings. The van der Waals surface area contributed by atoms with Crippen molar-refractivity contribution in [1.29, 1.82) is 0 Å². The number of hydrogen-bond acceptors (Lipinski definition) is 2. The number of nitrogens with zero attached hydrogens (tertiary/aromatic N) is 2. The van der Waals surface area contributed by atoms with Crippen LogP contribution in [0.15, 0.2) is 0 Å². The topological polar surface area (TPSA) is 6.48 Å². The lowest BCUT2D eigenvalue weighted by molar-refractivity contribution is 0.117. The summed E-state index contributed by atoms with van der Waals surface area (Å²) < 4.78 is 0. The largest absolute Gasteiger partial charge is 0.300 e. The normalized spacial score (nSPS) is 27.9. The lowest BCUT2D eigenvalue weighted by Crippen LogP contribution is -2.48. The average molecular weight is 261 g/mol. The van der Waals surface area contributed by atoms with Gasteiger partial charge in [0.25, 0.3) is 0 Å². The minimum absolute atomic E-state index is 0.794. The number of alkyl halides is 1. The molecule has 2 rings (SSSR count). The van der Waals surface area contributed by atoms with E-state index in [4.69, 9.17) is 0 Å². The molecule has 0 amide bonds. The van der Waals surface area contributed by atoms with Crippen LogP contribution in [-0.4, -0.2) is 53.9 Å². The number of halogens is 1. The van der Waals surface area contributed by atoms with Gasteiger partial charge in [-0.2, -0.15) is 0 Å². The van der Waals surface area contributed by atoms with Gasteiger partial charge >= 0.3 is 0 Å². The minimum atomic E-state index is 0.794. The summed E-state index contributed by atoms with van der Waals surface area (Å²) >= 11 is 3.55. The molecule has 1 heterocycles. The molecule has 1 aliphatic carbocycles. The van der Waals surface area contributed by atoms with Gasteiger partial charge in [0.1, 0.15) is 0 Å². The summed E-state index contributed by atoms with van der Waals surface area (Å²) in [5, 5.41) is 1.13. The molecule has 14 heavy (non-hydrogen) atoms. The molecule has 3 heteroatoms. The standard InChI is InChI=1S/C11H21BrN2/c1-10(8-12)9-13-4-6-14(7-5-13)11-2-3-11/h10-11H,2-9H2,1H3. The van der Waals surface area contributed by atoms with E-state index in [-0.39, 0.29) is 0 Å². The molecule has 1 saturated carbocycles. The van der Waals surface area contributed by atoms with Gasteiger partial charge in [-0.1, -0.05) is 22.9 Å². The summed E-state index contributed by atoms with van der Waals surface area (Å²) in [6, 6.07) is 0.964. The Morgan fingerprint density at radius 1 is 1.21 bits per heavy atom. The first-order valence-corrected chi connectivity index (χ1v) is 6.94. The Balaban J connectivity index is 1.67. The van der Waals surface area contributed by atoms with Gasteiger partial charge in [-0.3, -0.25) is 4.90 Å². The zero-order chi connectivity index (χ0) is 9.97. The molecule has 0 aromatic carbocycles. The fourth-order valence-corrected chi connectivity index (χ4v) is 2.45. The van der Waals surface area contributed by atoms with Crippen LogP contribution in [0.3, 0.4) is 0 Å². The highest BCUT2D eigenvalue weighted by Gasteiger charge is 2.31. The molecular weight excluding hydrogens is 240 g/mol. The van der Waals surface area contributed by atoms with Crippen LogP contribution in [-0.2, 0) is 0 Å². The fourth-order valence-electron chi connectivity index (χ4n) is 2.24. The van der Waals surface area contributed by atoms with Gasteiger partial charge < -0.3 is 4.90 Å². The first-order chi connectivity index (χ1) is 6.79. The van der Waals surface area contributed by atoms with Crippen LogP contribution in [0.1, 0.15) is 19.8 Å². The maximum Gasteiger partial charge on any atom is 0.0113 e. The van der Waals surface area contributed by atoms with E-state index in [0.717, 1.165) is 17.3 Å². The van der Waals surface area contributed by atoms with Gasteiger partial charge in [-0.25, -0.2) is 0 Å². The maximum absolute atomic E-state index is 3.55. The predicted octanol–water partition coefficient (Wildman–Crippen LogP) is 1.80. The second kappa shape index (κ2) is 4.95. The molecule has 0 bridgehead atoms. The molecule has 0 aromatic rings. The van der Waals surface area contributed by atoms with E-state index >= 15 is 0 Å². The maximum atomic E-state index is 3.55. The number of rotatable bonds is 4. The second-order valence-electron chi connectivity index (χ2n) is 4.83. The van der Waals surface area contributed by atoms with Gasteiger partial charge in [0.05, 0.1) is 0 Å². The summed E-state index contributed by atoms with van der Waals surface area (Å²) in [5.41, 5.74) is 0. The van der Waals surface area contributed by atoms with E-state index in [1.807, 2.05) is 0 Å². The average Bonchev–Trinajstić information content (AvgIpc) is 3.02. The van der Waals surface area contributed by atoms with Crippen molar-refractivity contribution in [2.45, 2.75) is 25.8 Å². The monoisotopic (exact) mass is 260 g/mol. The fraction of sp³-hybridized carbons (Fsp3) is 1.00. The number of hydrogen-bond donors (Lipinski definition) is 0. The second-order valence-corrected chi connectivity index (χ2v) is 5.47. The van der Waals surface area contributed by atoms with Crippen LogP contribution in [0.25, 0.3) is 0 Å². The van der Waals surface area contributed by atoms with E-state index in [2.05, 4.69) is 32.7 Å². The quantitative estimate of drug-likeness (QED) is 0.712. The molecule has 1 atom stereocenters. The predicted molar refractivity (Wildman–Crippen MR) is 64.0 cm³/mol. The van der Waals surface area contributed by atoms with E-state index in [0.29, 0.717) is 0 Å². The Bertz CT molecular complexity index is 174. The summed E-state index contributed by atoms with van der Waals surface area (Å²) in [7, 11) is 0. The van der Waals surface area contributed by atoms with Crippen molar-refractivity contribution < 1.29 is 0 Å². The Hall–Kier alpha value is 0.400. The lowest BCUT2D eigenvalue weighted by atomic mass is 10.2. The van der Waals surface area contributed by atoms with Crippen LogP contribution in [0.5, 0.6) is 0 Å². The van der Waals surface area contributed by atoms with Gasteiger partial charge in [0.15, 0.2) is 0 Å². The summed E-state index contributed by atoms with van der Waals surface area (Å²) in [6.07, 6.45) is 2.91. The van der Waals surface area contributed by atoms with Gasteiger partial charge in [0, 0.05) is 44.1 Å². The van der Waals surface area contributed by atoms with Crippen LogP contribution >= 0.6 is 15.9 Å². The highest BCUT2D eigenvalue weighted by atomic mass is 79.9. The number of piperazine rings is 1. The Morgan fingerprint density at radius 2 is 1.86 bits per heavy atom. The lowest BCUT2D eigenvalue weighted by Gasteiger charge is -2.35. The van der Waals surface area contributed by atoms with Crippen molar-refractivity contribution in [3.05, 3.63) is 0 Å². The molecule has 0 aromatic heterocycles. The van der Waals surface area contributed by atoms with Gasteiger partial charge in [0.2, 0.25) is 0 Å². The van der Waals surface area contributed by atoms with Crippen molar-refractivity contribution in [2.24, 2.45) is 5.92 Å². The van der Waals surface area contributed by atoms with E-state index in [9.17, 15) is 0 Å². The molecular formula is C11H21BrN2. The summed E-state index contributed by atoms with van der Waals surface area (Å²) in [4.78, 5) is 5.29. The first kappa shape index (κ1) is 10.9. The molecule has 1 unspecified atom stereocenters. The van der Waals surface area contributed by atoms with Gasteiger partial charge in [-0.05, 0) is 18.8 Å². The Kier molecular flexibility index (Phi) is 3.86. The van der Waals surface area contributed by atoms with Crippen LogP contribution in [0, 0.1) is 5.92 Å². The molecule has 1 saturated heterocycles. The Labute approximate surface area is 95.8 Å². The molecule has 82 valence electrons. The molecule has 2 fully saturated rings. The third kappa shape index (κ3) is 2.94.